The zero-order valence-corrected chi connectivity index (χ0v) is 31.5. The fourth-order valence-electron chi connectivity index (χ4n) is 8.31. The fraction of sp³-hybridized carbons (Fsp3) is 0.692. The van der Waals surface area contributed by atoms with E-state index in [0.29, 0.717) is 55.3 Å². The summed E-state index contributed by atoms with van der Waals surface area (Å²) in [4.78, 5) is 55.4. The lowest BCUT2D eigenvalue weighted by molar-refractivity contribution is -0.146. The van der Waals surface area contributed by atoms with Gasteiger partial charge in [-0.1, -0.05) is 19.3 Å². The van der Waals surface area contributed by atoms with E-state index in [1.807, 2.05) is 0 Å². The number of benzene rings is 1. The smallest absolute Gasteiger partial charge is 0.407 e. The molecule has 3 amide bonds. The molecule has 1 aromatic carbocycles. The summed E-state index contributed by atoms with van der Waals surface area (Å²) in [6.45, 7) is 6.86. The van der Waals surface area contributed by atoms with Gasteiger partial charge in [0.25, 0.3) is 0 Å². The highest BCUT2D eigenvalue weighted by molar-refractivity contribution is 6.00. The fourth-order valence-corrected chi connectivity index (χ4v) is 8.31. The molecule has 1 aromatic heterocycles. The average Bonchev–Trinajstić information content (AvgIpc) is 3.77. The molecule has 3 fully saturated rings. The molecular formula is C39H56FN3O9. The number of hydrogen-bond acceptors (Lipinski definition) is 9. The van der Waals surface area contributed by atoms with Crippen LogP contribution in [0.2, 0.25) is 0 Å². The molecule has 2 aromatic rings. The molecule has 0 radical (unpaired) electrons. The van der Waals surface area contributed by atoms with E-state index in [9.17, 15) is 23.6 Å². The number of esters is 1. The van der Waals surface area contributed by atoms with E-state index in [1.54, 1.807) is 64.0 Å². The quantitative estimate of drug-likeness (QED) is 0.225. The lowest BCUT2D eigenvalue weighted by Gasteiger charge is -2.44. The summed E-state index contributed by atoms with van der Waals surface area (Å²) >= 11 is 0. The van der Waals surface area contributed by atoms with Crippen molar-refractivity contribution in [2.24, 2.45) is 17.8 Å². The highest BCUT2D eigenvalue weighted by atomic mass is 19.1. The largest absolute Gasteiger partial charge is 0.457 e. The summed E-state index contributed by atoms with van der Waals surface area (Å²) in [6, 6.07) is 5.28. The van der Waals surface area contributed by atoms with Gasteiger partial charge in [-0.05, 0) is 103 Å². The molecule has 2 N–H and O–H groups in total. The topological polar surface area (TPSA) is 146 Å². The first-order valence-corrected chi connectivity index (χ1v) is 18.7. The van der Waals surface area contributed by atoms with E-state index in [4.69, 9.17) is 23.4 Å². The summed E-state index contributed by atoms with van der Waals surface area (Å²) in [6.07, 6.45) is 6.69. The van der Waals surface area contributed by atoms with Crippen LogP contribution in [0.5, 0.6) is 0 Å². The van der Waals surface area contributed by atoms with Crippen LogP contribution in [-0.2, 0) is 28.5 Å². The molecule has 288 valence electrons. The molecule has 0 spiro atoms. The number of ether oxygens (including phenoxy) is 4. The Kier molecular flexibility index (Phi) is 12.9. The number of halogens is 1. The van der Waals surface area contributed by atoms with E-state index < -0.39 is 42.0 Å². The van der Waals surface area contributed by atoms with Crippen molar-refractivity contribution < 1.29 is 46.9 Å². The molecule has 12 nitrogen and oxygen atoms in total. The van der Waals surface area contributed by atoms with Crippen LogP contribution in [0.25, 0.3) is 11.0 Å². The SMILES string of the molecule is CO[C@@H](C)COC(=O)c1cc2cc(NC(=O)[C@@H]3[C@H](C4(OC)CCCCC4)CCN3C(=O)C3CCC([C@@H](CF)NC(=O)OC(C)(C)C)CC3)ccc2o1. The van der Waals surface area contributed by atoms with Crippen LogP contribution in [0.3, 0.4) is 0 Å². The van der Waals surface area contributed by atoms with Gasteiger partial charge in [0, 0.05) is 43.7 Å². The van der Waals surface area contributed by atoms with Crippen molar-refractivity contribution in [1.82, 2.24) is 10.2 Å². The number of amides is 3. The Morgan fingerprint density at radius 1 is 1.02 bits per heavy atom. The van der Waals surface area contributed by atoms with Gasteiger partial charge in [-0.2, -0.15) is 0 Å². The van der Waals surface area contributed by atoms with E-state index in [2.05, 4.69) is 10.6 Å². The Morgan fingerprint density at radius 2 is 1.73 bits per heavy atom. The van der Waals surface area contributed by atoms with Crippen LogP contribution in [0.15, 0.2) is 28.7 Å². The van der Waals surface area contributed by atoms with E-state index in [-0.39, 0.29) is 48.0 Å². The van der Waals surface area contributed by atoms with Crippen LogP contribution in [0, 0.1) is 17.8 Å². The Morgan fingerprint density at radius 3 is 2.37 bits per heavy atom. The van der Waals surface area contributed by atoms with Gasteiger partial charge < -0.3 is 38.9 Å². The van der Waals surface area contributed by atoms with Gasteiger partial charge in [-0.25, -0.2) is 14.0 Å². The first-order chi connectivity index (χ1) is 24.8. The predicted octanol–water partition coefficient (Wildman–Crippen LogP) is 6.80. The van der Waals surface area contributed by atoms with Crippen molar-refractivity contribution in [3.05, 3.63) is 30.0 Å². The third-order valence-corrected chi connectivity index (χ3v) is 11.1. The van der Waals surface area contributed by atoms with Crippen molar-refractivity contribution in [3.8, 4) is 0 Å². The Labute approximate surface area is 305 Å². The second-order valence-electron chi connectivity index (χ2n) is 15.7. The van der Waals surface area contributed by atoms with E-state index in [0.717, 1.165) is 32.1 Å². The number of methoxy groups -OCH3 is 2. The van der Waals surface area contributed by atoms with Crippen molar-refractivity contribution in [1.29, 1.82) is 0 Å². The molecule has 52 heavy (non-hydrogen) atoms. The molecule has 4 atom stereocenters. The number of fused-ring (bicyclic) bond motifs is 1. The minimum Gasteiger partial charge on any atom is -0.457 e. The highest BCUT2D eigenvalue weighted by Crippen LogP contribution is 2.46. The van der Waals surface area contributed by atoms with Gasteiger partial charge in [0.2, 0.25) is 17.6 Å². The van der Waals surface area contributed by atoms with Crippen molar-refractivity contribution in [3.63, 3.8) is 0 Å². The third-order valence-electron chi connectivity index (χ3n) is 11.1. The molecule has 3 aliphatic rings. The van der Waals surface area contributed by atoms with E-state index in [1.165, 1.54) is 7.11 Å². The second-order valence-corrected chi connectivity index (χ2v) is 15.7. The number of alkyl halides is 1. The number of alkyl carbamates (subject to hydrolysis) is 1. The monoisotopic (exact) mass is 729 g/mol. The number of anilines is 1. The molecule has 2 saturated carbocycles. The molecule has 1 aliphatic heterocycles. The van der Waals surface area contributed by atoms with Gasteiger partial charge in [-0.15, -0.1) is 0 Å². The summed E-state index contributed by atoms with van der Waals surface area (Å²) in [5.41, 5.74) is -0.236. The predicted molar refractivity (Wildman–Crippen MR) is 193 cm³/mol. The van der Waals surface area contributed by atoms with Gasteiger partial charge in [0.1, 0.15) is 30.5 Å². The minimum absolute atomic E-state index is 0.0434. The van der Waals surface area contributed by atoms with Crippen LogP contribution in [0.1, 0.15) is 102 Å². The minimum atomic E-state index is -0.746. The van der Waals surface area contributed by atoms with Crippen LogP contribution < -0.4 is 10.6 Å². The number of likely N-dealkylation sites (tertiary alicyclic amines) is 1. The highest BCUT2D eigenvalue weighted by Gasteiger charge is 2.53. The molecule has 1 saturated heterocycles. The number of hydrogen-bond donors (Lipinski definition) is 2. The maximum Gasteiger partial charge on any atom is 0.407 e. The zero-order valence-electron chi connectivity index (χ0n) is 31.5. The lowest BCUT2D eigenvalue weighted by atomic mass is 9.72. The number of carbonyl (C=O) groups is 4. The number of nitrogens with zero attached hydrogens (tertiary/aromatic N) is 1. The lowest BCUT2D eigenvalue weighted by Crippen LogP contribution is -2.55. The van der Waals surface area contributed by atoms with Crippen molar-refractivity contribution >= 4 is 40.5 Å². The van der Waals surface area contributed by atoms with Crippen molar-refractivity contribution in [2.45, 2.75) is 121 Å². The first kappa shape index (κ1) is 39.5. The van der Waals surface area contributed by atoms with Crippen LogP contribution in [-0.4, -0.2) is 92.2 Å². The summed E-state index contributed by atoms with van der Waals surface area (Å²) in [5, 5.41) is 6.37. The molecular weight excluding hydrogens is 673 g/mol. The van der Waals surface area contributed by atoms with Gasteiger partial charge in [-0.3, -0.25) is 9.59 Å². The normalized spacial score (nSPS) is 24.6. The molecule has 13 heteroatoms. The average molecular weight is 730 g/mol. The van der Waals surface area contributed by atoms with E-state index >= 15 is 0 Å². The standard InChI is InChI=1S/C39H56FN3O9/c1-24(48-5)23-50-36(46)32-21-27-20-28(14-15-31(27)51-32)41-34(44)33-29(39(49-6)17-8-7-9-18-39)16-19-43(33)35(45)26-12-10-25(11-13-26)30(22-40)42-37(47)52-38(2,3)4/h14-15,20-21,24-26,29-30,33H,7-13,16-19,22-23H2,1-6H3,(H,41,44)(H,42,47)/t24-,25?,26?,29+,30+,33-/m0/s1. The zero-order chi connectivity index (χ0) is 37.6. The third kappa shape index (κ3) is 9.25. The van der Waals surface area contributed by atoms with Crippen molar-refractivity contribution in [2.75, 3.05) is 39.4 Å². The molecule has 5 rings (SSSR count). The maximum absolute atomic E-state index is 14.4. The summed E-state index contributed by atoms with van der Waals surface area (Å²) < 4.78 is 41.8. The number of carbonyl (C=O) groups excluding carboxylic acids is 4. The number of rotatable bonds is 12. The van der Waals surface area contributed by atoms with Crippen LogP contribution >= 0.6 is 0 Å². The molecule has 2 heterocycles. The summed E-state index contributed by atoms with van der Waals surface area (Å²) in [5.74, 6) is -1.57. The molecule has 0 unspecified atom stereocenters. The maximum atomic E-state index is 14.4. The first-order valence-electron chi connectivity index (χ1n) is 18.7. The van der Waals surface area contributed by atoms with Gasteiger partial charge >= 0.3 is 12.1 Å². The van der Waals surface area contributed by atoms with Gasteiger partial charge in [0.05, 0.1) is 17.7 Å². The molecule has 2 aliphatic carbocycles. The second kappa shape index (κ2) is 17.0. The Balaban J connectivity index is 1.30. The number of nitrogens with one attached hydrogen (secondary N) is 2. The molecule has 0 bridgehead atoms. The van der Waals surface area contributed by atoms with Crippen LogP contribution in [0.4, 0.5) is 14.9 Å². The number of furan rings is 1. The Hall–Kier alpha value is -3.71. The van der Waals surface area contributed by atoms with Gasteiger partial charge in [0.15, 0.2) is 0 Å². The Bertz CT molecular complexity index is 1560. The summed E-state index contributed by atoms with van der Waals surface area (Å²) in [7, 11) is 3.25.